The predicted octanol–water partition coefficient (Wildman–Crippen LogP) is 2.53. The number of likely N-dealkylation sites (tertiary alicyclic amines) is 1. The molecule has 2 aliphatic heterocycles. The molecule has 23 heavy (non-hydrogen) atoms. The van der Waals surface area contributed by atoms with Crippen LogP contribution in [0.5, 0.6) is 0 Å². The van der Waals surface area contributed by atoms with Crippen molar-refractivity contribution in [2.75, 3.05) is 19.7 Å². The lowest BCUT2D eigenvalue weighted by Crippen LogP contribution is -2.68. The van der Waals surface area contributed by atoms with E-state index in [1.54, 1.807) is 11.3 Å². The minimum atomic E-state index is -0.152. The van der Waals surface area contributed by atoms with E-state index >= 15 is 0 Å². The number of rotatable bonds is 4. The fourth-order valence-corrected chi connectivity index (χ4v) is 4.34. The van der Waals surface area contributed by atoms with Gasteiger partial charge in [-0.15, -0.1) is 11.3 Å². The van der Waals surface area contributed by atoms with E-state index in [0.717, 1.165) is 56.1 Å². The summed E-state index contributed by atoms with van der Waals surface area (Å²) in [5.41, 5.74) is 0.865. The van der Waals surface area contributed by atoms with Gasteiger partial charge in [-0.3, -0.25) is 4.79 Å². The van der Waals surface area contributed by atoms with Crippen LogP contribution < -0.4 is 0 Å². The highest BCUT2D eigenvalue weighted by atomic mass is 32.1. The number of aromatic nitrogens is 1. The third-order valence-electron chi connectivity index (χ3n) is 5.31. The molecule has 126 valence electrons. The zero-order valence-corrected chi connectivity index (χ0v) is 14.4. The highest BCUT2D eigenvalue weighted by Gasteiger charge is 2.50. The molecule has 0 N–H and O–H groups in total. The van der Waals surface area contributed by atoms with E-state index in [-0.39, 0.29) is 17.6 Å². The van der Waals surface area contributed by atoms with Crippen molar-refractivity contribution in [1.82, 2.24) is 9.88 Å². The molecule has 0 aromatic carbocycles. The SMILES string of the molecule is Cc1nc(CO[C@@H]2CCOC3(C2)CN(C(=O)C2CCC2)C3)cs1. The van der Waals surface area contributed by atoms with Gasteiger partial charge < -0.3 is 14.4 Å². The first-order chi connectivity index (χ1) is 11.1. The Hall–Kier alpha value is -0.980. The minimum absolute atomic E-state index is 0.152. The zero-order valence-electron chi connectivity index (χ0n) is 13.6. The van der Waals surface area contributed by atoms with Gasteiger partial charge in [-0.25, -0.2) is 4.98 Å². The maximum absolute atomic E-state index is 12.3. The lowest BCUT2D eigenvalue weighted by atomic mass is 9.80. The Morgan fingerprint density at radius 1 is 1.48 bits per heavy atom. The van der Waals surface area contributed by atoms with Gasteiger partial charge in [0.25, 0.3) is 0 Å². The number of carbonyl (C=O) groups is 1. The summed E-state index contributed by atoms with van der Waals surface area (Å²) in [5, 5.41) is 3.14. The summed E-state index contributed by atoms with van der Waals surface area (Å²) in [6.45, 7) is 4.82. The second kappa shape index (κ2) is 6.15. The van der Waals surface area contributed by atoms with Crippen LogP contribution in [0.2, 0.25) is 0 Å². The predicted molar refractivity (Wildman–Crippen MR) is 87.3 cm³/mol. The minimum Gasteiger partial charge on any atom is -0.372 e. The molecular weight excluding hydrogens is 312 g/mol. The molecule has 3 fully saturated rings. The van der Waals surface area contributed by atoms with Crippen LogP contribution in [0.25, 0.3) is 0 Å². The van der Waals surface area contributed by atoms with Crippen molar-refractivity contribution in [3.05, 3.63) is 16.1 Å². The monoisotopic (exact) mass is 336 g/mol. The van der Waals surface area contributed by atoms with Crippen molar-refractivity contribution in [2.45, 2.75) is 57.3 Å². The maximum atomic E-state index is 12.3. The Bertz CT molecular complexity index is 578. The van der Waals surface area contributed by atoms with Gasteiger partial charge in [0, 0.05) is 24.3 Å². The van der Waals surface area contributed by atoms with E-state index in [1.165, 1.54) is 6.42 Å². The first-order valence-corrected chi connectivity index (χ1v) is 9.47. The number of hydrogen-bond donors (Lipinski definition) is 0. The molecule has 6 heteroatoms. The molecule has 1 aliphatic carbocycles. The Morgan fingerprint density at radius 3 is 2.96 bits per heavy atom. The topological polar surface area (TPSA) is 51.7 Å². The maximum Gasteiger partial charge on any atom is 0.225 e. The molecule has 0 bridgehead atoms. The third-order valence-corrected chi connectivity index (χ3v) is 6.13. The highest BCUT2D eigenvalue weighted by Crippen LogP contribution is 2.38. The number of thiazole rings is 1. The summed E-state index contributed by atoms with van der Waals surface area (Å²) < 4.78 is 12.1. The molecule has 5 nitrogen and oxygen atoms in total. The summed E-state index contributed by atoms with van der Waals surface area (Å²) >= 11 is 1.66. The van der Waals surface area contributed by atoms with Crippen molar-refractivity contribution in [3.63, 3.8) is 0 Å². The molecular formula is C17H24N2O3S. The van der Waals surface area contributed by atoms with Gasteiger partial charge in [-0.1, -0.05) is 6.42 Å². The molecule has 4 rings (SSSR count). The van der Waals surface area contributed by atoms with Crippen LogP contribution in [0.1, 0.15) is 42.8 Å². The summed E-state index contributed by atoms with van der Waals surface area (Å²) in [7, 11) is 0. The Morgan fingerprint density at radius 2 is 2.30 bits per heavy atom. The summed E-state index contributed by atoms with van der Waals surface area (Å²) in [6.07, 6.45) is 5.39. The number of aryl methyl sites for hydroxylation is 1. The Kier molecular flexibility index (Phi) is 4.15. The largest absolute Gasteiger partial charge is 0.372 e. The number of nitrogens with zero attached hydrogens (tertiary/aromatic N) is 2. The van der Waals surface area contributed by atoms with Crippen LogP contribution in [0.3, 0.4) is 0 Å². The molecule has 0 unspecified atom stereocenters. The molecule has 1 saturated carbocycles. The lowest BCUT2D eigenvalue weighted by Gasteiger charge is -2.54. The summed E-state index contributed by atoms with van der Waals surface area (Å²) in [6, 6.07) is 0. The third kappa shape index (κ3) is 3.16. The standard InChI is InChI=1S/C17H24N2O3S/c1-12-18-14(9-23-12)8-21-15-5-6-22-17(7-15)10-19(11-17)16(20)13-3-2-4-13/h9,13,15H,2-8,10-11H2,1H3/t15-/m1/s1. The number of carbonyl (C=O) groups excluding carboxylic acids is 1. The van der Waals surface area contributed by atoms with Gasteiger partial charge in [-0.05, 0) is 26.2 Å². The lowest BCUT2D eigenvalue weighted by molar-refractivity contribution is -0.205. The van der Waals surface area contributed by atoms with Crippen LogP contribution in [0.4, 0.5) is 0 Å². The number of hydrogen-bond acceptors (Lipinski definition) is 5. The molecule has 1 spiro atoms. The smallest absolute Gasteiger partial charge is 0.225 e. The van der Waals surface area contributed by atoms with Gasteiger partial charge in [0.2, 0.25) is 5.91 Å². The fraction of sp³-hybridized carbons (Fsp3) is 0.765. The van der Waals surface area contributed by atoms with Crippen molar-refractivity contribution < 1.29 is 14.3 Å². The molecule has 0 radical (unpaired) electrons. The second-order valence-corrected chi connectivity index (χ2v) is 8.20. The average molecular weight is 336 g/mol. The molecule has 3 heterocycles. The van der Waals surface area contributed by atoms with E-state index in [4.69, 9.17) is 9.47 Å². The van der Waals surface area contributed by atoms with E-state index in [0.29, 0.717) is 12.5 Å². The quantitative estimate of drug-likeness (QED) is 0.848. The normalized spacial score (nSPS) is 26.8. The number of ether oxygens (including phenoxy) is 2. The molecule has 1 atom stereocenters. The fourth-order valence-electron chi connectivity index (χ4n) is 3.74. The van der Waals surface area contributed by atoms with Crippen LogP contribution in [0.15, 0.2) is 5.38 Å². The van der Waals surface area contributed by atoms with Gasteiger partial charge in [0.15, 0.2) is 0 Å². The molecule has 1 aromatic heterocycles. The second-order valence-electron chi connectivity index (χ2n) is 7.14. The van der Waals surface area contributed by atoms with Crippen LogP contribution >= 0.6 is 11.3 Å². The van der Waals surface area contributed by atoms with Crippen molar-refractivity contribution in [3.8, 4) is 0 Å². The van der Waals surface area contributed by atoms with E-state index in [9.17, 15) is 4.79 Å². The van der Waals surface area contributed by atoms with Gasteiger partial charge >= 0.3 is 0 Å². The number of amides is 1. The van der Waals surface area contributed by atoms with Crippen molar-refractivity contribution in [1.29, 1.82) is 0 Å². The van der Waals surface area contributed by atoms with Crippen LogP contribution in [-0.2, 0) is 20.9 Å². The van der Waals surface area contributed by atoms with Crippen LogP contribution in [0, 0.1) is 12.8 Å². The average Bonchev–Trinajstić information content (AvgIpc) is 2.86. The summed E-state index contributed by atoms with van der Waals surface area (Å²) in [5.74, 6) is 0.627. The molecule has 1 amide bonds. The van der Waals surface area contributed by atoms with E-state index in [2.05, 4.69) is 10.4 Å². The van der Waals surface area contributed by atoms with Crippen molar-refractivity contribution in [2.24, 2.45) is 5.92 Å². The Labute approximate surface area is 141 Å². The first-order valence-electron chi connectivity index (χ1n) is 8.59. The zero-order chi connectivity index (χ0) is 15.9. The van der Waals surface area contributed by atoms with Gasteiger partial charge in [0.1, 0.15) is 5.60 Å². The van der Waals surface area contributed by atoms with Crippen LogP contribution in [-0.4, -0.2) is 47.2 Å². The van der Waals surface area contributed by atoms with E-state index in [1.807, 2.05) is 11.8 Å². The van der Waals surface area contributed by atoms with Gasteiger partial charge in [0.05, 0.1) is 36.5 Å². The highest BCUT2D eigenvalue weighted by molar-refractivity contribution is 7.09. The first kappa shape index (κ1) is 15.5. The molecule has 3 aliphatic rings. The molecule has 1 aromatic rings. The molecule has 2 saturated heterocycles. The van der Waals surface area contributed by atoms with E-state index < -0.39 is 0 Å². The van der Waals surface area contributed by atoms with Gasteiger partial charge in [-0.2, -0.15) is 0 Å². The Balaban J connectivity index is 1.27. The van der Waals surface area contributed by atoms with Crippen molar-refractivity contribution >= 4 is 17.2 Å². The summed E-state index contributed by atoms with van der Waals surface area (Å²) in [4.78, 5) is 18.7.